The van der Waals surface area contributed by atoms with Gasteiger partial charge in [-0.15, -0.1) is 0 Å². The Bertz CT molecular complexity index is 468. The summed E-state index contributed by atoms with van der Waals surface area (Å²) in [5.74, 6) is 0. The number of nitrogens with zero attached hydrogens (tertiary/aromatic N) is 1. The average molecular weight is 212 g/mol. The lowest BCUT2D eigenvalue weighted by atomic mass is 10.0. The Kier molecular flexibility index (Phi) is 3.84. The molecule has 2 N–H and O–H groups in total. The SMILES string of the molecule is C=Nc1ccc(C(=C)/C=C\C)cc1C(=C)N. The highest BCUT2D eigenvalue weighted by atomic mass is 14.7. The molecule has 0 aromatic heterocycles. The molecule has 82 valence electrons. The highest BCUT2D eigenvalue weighted by Crippen LogP contribution is 2.26. The van der Waals surface area contributed by atoms with Gasteiger partial charge in [0.25, 0.3) is 0 Å². The van der Waals surface area contributed by atoms with Crippen LogP contribution in [-0.4, -0.2) is 6.72 Å². The Hall–Kier alpha value is -2.09. The van der Waals surface area contributed by atoms with Crippen LogP contribution in [0, 0.1) is 0 Å². The lowest BCUT2D eigenvalue weighted by Gasteiger charge is -2.08. The van der Waals surface area contributed by atoms with Crippen molar-refractivity contribution in [3.63, 3.8) is 0 Å². The fourth-order valence-corrected chi connectivity index (χ4v) is 1.43. The molecule has 0 radical (unpaired) electrons. The Morgan fingerprint density at radius 1 is 1.38 bits per heavy atom. The predicted octanol–water partition coefficient (Wildman–Crippen LogP) is 3.54. The minimum absolute atomic E-state index is 0.484. The van der Waals surface area contributed by atoms with Crippen LogP contribution in [0.5, 0.6) is 0 Å². The van der Waals surface area contributed by atoms with Gasteiger partial charge in [0.1, 0.15) is 0 Å². The van der Waals surface area contributed by atoms with E-state index < -0.39 is 0 Å². The minimum Gasteiger partial charge on any atom is -0.399 e. The van der Waals surface area contributed by atoms with Crippen LogP contribution in [0.2, 0.25) is 0 Å². The minimum atomic E-state index is 0.484. The van der Waals surface area contributed by atoms with Crippen LogP contribution in [0.1, 0.15) is 18.1 Å². The summed E-state index contributed by atoms with van der Waals surface area (Å²) in [5.41, 5.74) is 9.67. The van der Waals surface area contributed by atoms with Gasteiger partial charge >= 0.3 is 0 Å². The summed E-state index contributed by atoms with van der Waals surface area (Å²) in [4.78, 5) is 3.90. The molecule has 0 amide bonds. The Labute approximate surface area is 96.5 Å². The van der Waals surface area contributed by atoms with Gasteiger partial charge in [-0.3, -0.25) is 4.99 Å². The van der Waals surface area contributed by atoms with E-state index in [1.165, 1.54) is 0 Å². The third-order valence-corrected chi connectivity index (χ3v) is 2.25. The maximum atomic E-state index is 5.70. The molecule has 1 aromatic rings. The summed E-state index contributed by atoms with van der Waals surface area (Å²) in [7, 11) is 0. The van der Waals surface area contributed by atoms with Crippen LogP contribution >= 0.6 is 0 Å². The Morgan fingerprint density at radius 3 is 2.56 bits per heavy atom. The molecular formula is C14H16N2. The second kappa shape index (κ2) is 5.12. The molecule has 1 aromatic carbocycles. The number of allylic oxidation sites excluding steroid dienone is 3. The highest BCUT2D eigenvalue weighted by Gasteiger charge is 2.04. The van der Waals surface area contributed by atoms with E-state index in [9.17, 15) is 0 Å². The van der Waals surface area contributed by atoms with Gasteiger partial charge in [-0.25, -0.2) is 0 Å². The van der Waals surface area contributed by atoms with E-state index in [1.807, 2.05) is 37.3 Å². The number of benzene rings is 1. The first-order valence-electron chi connectivity index (χ1n) is 4.97. The van der Waals surface area contributed by atoms with Crippen LogP contribution in [0.25, 0.3) is 11.3 Å². The first kappa shape index (κ1) is 12.0. The Balaban J connectivity index is 3.27. The molecule has 0 saturated heterocycles. The van der Waals surface area contributed by atoms with Gasteiger partial charge in [-0.05, 0) is 36.9 Å². The highest BCUT2D eigenvalue weighted by molar-refractivity contribution is 5.79. The lowest BCUT2D eigenvalue weighted by Crippen LogP contribution is -1.95. The zero-order valence-corrected chi connectivity index (χ0v) is 9.53. The van der Waals surface area contributed by atoms with Crippen LogP contribution < -0.4 is 5.73 Å². The first-order valence-corrected chi connectivity index (χ1v) is 4.97. The van der Waals surface area contributed by atoms with Crippen LogP contribution in [0.3, 0.4) is 0 Å². The van der Waals surface area contributed by atoms with Gasteiger partial charge in [0.15, 0.2) is 0 Å². The van der Waals surface area contributed by atoms with Crippen molar-refractivity contribution in [1.29, 1.82) is 0 Å². The fraction of sp³-hybridized carbons (Fsp3) is 0.0714. The molecule has 0 saturated carbocycles. The van der Waals surface area contributed by atoms with Crippen molar-refractivity contribution >= 4 is 23.7 Å². The molecule has 0 aliphatic heterocycles. The summed E-state index contributed by atoms with van der Waals surface area (Å²) < 4.78 is 0. The smallest absolute Gasteiger partial charge is 0.0715 e. The maximum Gasteiger partial charge on any atom is 0.0715 e. The quantitative estimate of drug-likeness (QED) is 0.601. The number of nitrogens with two attached hydrogens (primary N) is 1. The zero-order valence-electron chi connectivity index (χ0n) is 9.53. The van der Waals surface area contributed by atoms with Gasteiger partial charge in [-0.2, -0.15) is 0 Å². The molecular weight excluding hydrogens is 196 g/mol. The summed E-state index contributed by atoms with van der Waals surface area (Å²) in [6.45, 7) is 13.1. The molecule has 16 heavy (non-hydrogen) atoms. The van der Waals surface area contributed by atoms with E-state index in [0.717, 1.165) is 22.4 Å². The molecule has 2 heteroatoms. The van der Waals surface area contributed by atoms with Crippen molar-refractivity contribution in [2.24, 2.45) is 10.7 Å². The molecule has 0 aliphatic rings. The molecule has 1 rings (SSSR count). The summed E-state index contributed by atoms with van der Waals surface area (Å²) in [6.07, 6.45) is 3.89. The van der Waals surface area contributed by atoms with Crippen molar-refractivity contribution in [2.45, 2.75) is 6.92 Å². The van der Waals surface area contributed by atoms with E-state index in [-0.39, 0.29) is 0 Å². The molecule has 0 unspecified atom stereocenters. The topological polar surface area (TPSA) is 38.4 Å². The molecule has 0 aliphatic carbocycles. The number of hydrogen-bond donors (Lipinski definition) is 1. The van der Waals surface area contributed by atoms with Gasteiger partial charge < -0.3 is 5.73 Å². The second-order valence-corrected chi connectivity index (χ2v) is 3.44. The van der Waals surface area contributed by atoms with Crippen molar-refractivity contribution in [1.82, 2.24) is 0 Å². The van der Waals surface area contributed by atoms with Crippen molar-refractivity contribution in [3.05, 3.63) is 54.6 Å². The maximum absolute atomic E-state index is 5.70. The van der Waals surface area contributed by atoms with Crippen LogP contribution in [0.15, 0.2) is 48.5 Å². The standard InChI is InChI=1S/C14H16N2/c1-5-6-10(2)12-7-8-14(16-4)13(9-12)11(3)15/h5-9H,2-4,15H2,1H3/b6-5-. The zero-order chi connectivity index (χ0) is 12.1. The van der Waals surface area contributed by atoms with Crippen molar-refractivity contribution in [2.75, 3.05) is 0 Å². The largest absolute Gasteiger partial charge is 0.399 e. The van der Waals surface area contributed by atoms with E-state index in [4.69, 9.17) is 5.73 Å². The van der Waals surface area contributed by atoms with Gasteiger partial charge in [-0.1, -0.05) is 31.4 Å². The molecule has 0 fully saturated rings. The number of rotatable bonds is 4. The summed E-state index contributed by atoms with van der Waals surface area (Å²) >= 11 is 0. The van der Waals surface area contributed by atoms with Crippen LogP contribution in [0.4, 0.5) is 5.69 Å². The predicted molar refractivity (Wildman–Crippen MR) is 72.7 cm³/mol. The molecule has 2 nitrogen and oxygen atoms in total. The van der Waals surface area contributed by atoms with Crippen molar-refractivity contribution in [3.8, 4) is 0 Å². The number of hydrogen-bond acceptors (Lipinski definition) is 2. The van der Waals surface area contributed by atoms with Gasteiger partial charge in [0.05, 0.1) is 5.69 Å². The lowest BCUT2D eigenvalue weighted by molar-refractivity contribution is 1.45. The molecule has 0 heterocycles. The second-order valence-electron chi connectivity index (χ2n) is 3.44. The van der Waals surface area contributed by atoms with E-state index in [1.54, 1.807) is 0 Å². The van der Waals surface area contributed by atoms with Crippen molar-refractivity contribution < 1.29 is 0 Å². The normalized spacial score (nSPS) is 10.3. The van der Waals surface area contributed by atoms with Crippen LogP contribution in [-0.2, 0) is 0 Å². The first-order chi connectivity index (χ1) is 7.60. The summed E-state index contributed by atoms with van der Waals surface area (Å²) in [6, 6.07) is 5.73. The van der Waals surface area contributed by atoms with E-state index >= 15 is 0 Å². The van der Waals surface area contributed by atoms with E-state index in [2.05, 4.69) is 24.9 Å². The fourth-order valence-electron chi connectivity index (χ4n) is 1.43. The molecule has 0 atom stereocenters. The third-order valence-electron chi connectivity index (χ3n) is 2.25. The summed E-state index contributed by atoms with van der Waals surface area (Å²) in [5, 5.41) is 0. The van der Waals surface area contributed by atoms with Gasteiger partial charge in [0.2, 0.25) is 0 Å². The molecule has 0 bridgehead atoms. The van der Waals surface area contributed by atoms with E-state index in [0.29, 0.717) is 5.70 Å². The Morgan fingerprint density at radius 2 is 2.06 bits per heavy atom. The monoisotopic (exact) mass is 212 g/mol. The third kappa shape index (κ3) is 2.48. The van der Waals surface area contributed by atoms with Gasteiger partial charge in [0, 0.05) is 11.3 Å². The number of aliphatic imine (C=N–C) groups is 1. The molecule has 0 spiro atoms. The average Bonchev–Trinajstić information content (AvgIpc) is 2.28.